The molecule has 3 heterocycles. The van der Waals surface area contributed by atoms with Crippen LogP contribution in [0.15, 0.2) is 30.3 Å². The predicted molar refractivity (Wildman–Crippen MR) is 117 cm³/mol. The minimum Gasteiger partial charge on any atom is -0.442 e. The maximum absolute atomic E-state index is 14.9. The molecule has 3 amide bonds. The van der Waals surface area contributed by atoms with Crippen molar-refractivity contribution in [1.82, 2.24) is 10.2 Å². The third kappa shape index (κ3) is 4.81. The number of nitrogens with zero attached hydrogens (tertiary/aromatic N) is 2. The molecule has 2 saturated heterocycles. The SMILES string of the molecule is CN1CCCC(c2ccc(N3C[C@H](CNC(=O)Oc4ccc(Cl)s4)OC3=O)c(F)c2)C1=O. The second-order valence-corrected chi connectivity index (χ2v) is 9.29. The average molecular weight is 482 g/mol. The number of likely N-dealkylation sites (N-methyl/N-ethyl adjacent to an activating group) is 1. The van der Waals surface area contributed by atoms with Gasteiger partial charge in [0.15, 0.2) is 5.06 Å². The van der Waals surface area contributed by atoms with Crippen LogP contribution in [0, 0.1) is 5.82 Å². The molecular formula is C21H21ClFN3O5S. The first-order valence-electron chi connectivity index (χ1n) is 10.1. The lowest BCUT2D eigenvalue weighted by molar-refractivity contribution is -0.133. The number of nitrogens with one attached hydrogen (secondary N) is 1. The Labute approximate surface area is 192 Å². The molecule has 2 aromatic rings. The fourth-order valence-electron chi connectivity index (χ4n) is 3.80. The molecule has 32 heavy (non-hydrogen) atoms. The highest BCUT2D eigenvalue weighted by molar-refractivity contribution is 7.17. The molecule has 2 atom stereocenters. The van der Waals surface area contributed by atoms with Crippen molar-refractivity contribution in [3.8, 4) is 5.06 Å². The van der Waals surface area contributed by atoms with E-state index in [-0.39, 0.29) is 30.6 Å². The van der Waals surface area contributed by atoms with Gasteiger partial charge in [0.25, 0.3) is 0 Å². The molecule has 1 aromatic carbocycles. The normalized spacial score (nSPS) is 21.0. The summed E-state index contributed by atoms with van der Waals surface area (Å²) < 4.78 is 25.7. The number of halogens is 2. The lowest BCUT2D eigenvalue weighted by atomic mass is 9.90. The Morgan fingerprint density at radius 2 is 2.16 bits per heavy atom. The van der Waals surface area contributed by atoms with Crippen molar-refractivity contribution in [1.29, 1.82) is 0 Å². The Kier molecular flexibility index (Phi) is 6.52. The third-order valence-electron chi connectivity index (χ3n) is 5.42. The van der Waals surface area contributed by atoms with Crippen LogP contribution in [0.4, 0.5) is 19.7 Å². The molecule has 2 fully saturated rings. The van der Waals surface area contributed by atoms with Gasteiger partial charge in [-0.25, -0.2) is 14.0 Å². The lowest BCUT2D eigenvalue weighted by Gasteiger charge is -2.29. The summed E-state index contributed by atoms with van der Waals surface area (Å²) in [6.45, 7) is 0.758. The van der Waals surface area contributed by atoms with Gasteiger partial charge in [0.05, 0.1) is 29.0 Å². The molecule has 0 bridgehead atoms. The number of benzene rings is 1. The molecule has 2 aliphatic heterocycles. The molecule has 0 radical (unpaired) electrons. The number of thiophene rings is 1. The van der Waals surface area contributed by atoms with Crippen molar-refractivity contribution in [2.24, 2.45) is 0 Å². The first-order valence-corrected chi connectivity index (χ1v) is 11.2. The topological polar surface area (TPSA) is 88.2 Å². The van der Waals surface area contributed by atoms with Crippen LogP contribution in [0.1, 0.15) is 24.3 Å². The minimum absolute atomic E-state index is 0.00277. The van der Waals surface area contributed by atoms with Gasteiger partial charge in [0, 0.05) is 13.6 Å². The summed E-state index contributed by atoms with van der Waals surface area (Å²) in [5.41, 5.74) is 0.652. The summed E-state index contributed by atoms with van der Waals surface area (Å²) in [5, 5.41) is 2.85. The molecule has 1 N–H and O–H groups in total. The number of hydrogen-bond acceptors (Lipinski definition) is 6. The maximum atomic E-state index is 14.9. The van der Waals surface area contributed by atoms with Crippen LogP contribution in [0.5, 0.6) is 5.06 Å². The van der Waals surface area contributed by atoms with E-state index in [1.165, 1.54) is 17.0 Å². The minimum atomic E-state index is -0.713. The number of piperidine rings is 1. The molecule has 4 rings (SSSR count). The van der Waals surface area contributed by atoms with Gasteiger partial charge >= 0.3 is 12.2 Å². The van der Waals surface area contributed by atoms with Crippen LogP contribution < -0.4 is 15.0 Å². The Balaban J connectivity index is 1.36. The molecule has 170 valence electrons. The van der Waals surface area contributed by atoms with Gasteiger partial charge < -0.3 is 19.7 Å². The zero-order valence-electron chi connectivity index (χ0n) is 17.2. The molecule has 1 unspecified atom stereocenters. The molecule has 2 aliphatic rings. The van der Waals surface area contributed by atoms with E-state index >= 15 is 0 Å². The number of ether oxygens (including phenoxy) is 2. The summed E-state index contributed by atoms with van der Waals surface area (Å²) in [6.07, 6.45) is -0.582. The fraction of sp³-hybridized carbons (Fsp3) is 0.381. The Bertz CT molecular complexity index is 1050. The number of amides is 3. The van der Waals surface area contributed by atoms with E-state index in [0.717, 1.165) is 17.8 Å². The average Bonchev–Trinajstić information content (AvgIpc) is 3.33. The maximum Gasteiger partial charge on any atom is 0.414 e. The van der Waals surface area contributed by atoms with Crippen molar-refractivity contribution >= 4 is 46.7 Å². The number of likely N-dealkylation sites (tertiary alicyclic amines) is 1. The first-order chi connectivity index (χ1) is 15.3. The molecule has 11 heteroatoms. The summed E-state index contributed by atoms with van der Waals surface area (Å²) in [5.74, 6) is -1.03. The van der Waals surface area contributed by atoms with Crippen molar-refractivity contribution in [2.45, 2.75) is 24.9 Å². The highest BCUT2D eigenvalue weighted by Crippen LogP contribution is 2.32. The van der Waals surface area contributed by atoms with Gasteiger partial charge in [-0.2, -0.15) is 0 Å². The lowest BCUT2D eigenvalue weighted by Crippen LogP contribution is -2.37. The molecular weight excluding hydrogens is 461 g/mol. The zero-order valence-corrected chi connectivity index (χ0v) is 18.7. The second kappa shape index (κ2) is 9.33. The van der Waals surface area contributed by atoms with E-state index in [9.17, 15) is 18.8 Å². The molecule has 1 aromatic heterocycles. The van der Waals surface area contributed by atoms with E-state index in [2.05, 4.69) is 5.32 Å². The van der Waals surface area contributed by atoms with Crippen LogP contribution in [-0.4, -0.2) is 55.8 Å². The standard InChI is InChI=1S/C21H21ClFN3O5S/c1-25-8-2-3-14(19(25)27)12-4-5-16(15(23)9-12)26-11-13(30-21(26)29)10-24-20(28)31-18-7-6-17(22)32-18/h4-7,9,13-14H,2-3,8,10-11H2,1H3,(H,24,28)/t13-,14?/m0/s1. The largest absolute Gasteiger partial charge is 0.442 e. The molecule has 8 nitrogen and oxygen atoms in total. The van der Waals surface area contributed by atoms with E-state index < -0.39 is 24.1 Å². The highest BCUT2D eigenvalue weighted by atomic mass is 35.5. The van der Waals surface area contributed by atoms with Crippen molar-refractivity contribution in [3.05, 3.63) is 46.0 Å². The Hall–Kier alpha value is -2.85. The smallest absolute Gasteiger partial charge is 0.414 e. The number of anilines is 1. The number of hydrogen-bond donors (Lipinski definition) is 1. The summed E-state index contributed by atoms with van der Waals surface area (Å²) in [4.78, 5) is 39.4. The zero-order chi connectivity index (χ0) is 22.8. The van der Waals surface area contributed by atoms with Gasteiger partial charge in [-0.15, -0.1) is 0 Å². The predicted octanol–water partition coefficient (Wildman–Crippen LogP) is 3.99. The van der Waals surface area contributed by atoms with E-state index in [1.807, 2.05) is 0 Å². The second-order valence-electron chi connectivity index (χ2n) is 7.61. The number of rotatable bonds is 5. The summed E-state index contributed by atoms with van der Waals surface area (Å²) in [6, 6.07) is 7.63. The molecule has 0 aliphatic carbocycles. The molecule has 0 spiro atoms. The van der Waals surface area contributed by atoms with Crippen LogP contribution >= 0.6 is 22.9 Å². The van der Waals surface area contributed by atoms with E-state index in [4.69, 9.17) is 21.1 Å². The van der Waals surface area contributed by atoms with Crippen molar-refractivity contribution in [2.75, 3.05) is 31.6 Å². The van der Waals surface area contributed by atoms with Gasteiger partial charge in [-0.05, 0) is 42.7 Å². The van der Waals surface area contributed by atoms with Crippen LogP contribution in [0.25, 0.3) is 0 Å². The van der Waals surface area contributed by atoms with Crippen molar-refractivity contribution in [3.63, 3.8) is 0 Å². The first kappa shape index (κ1) is 22.3. The monoisotopic (exact) mass is 481 g/mol. The van der Waals surface area contributed by atoms with Gasteiger partial charge in [-0.3, -0.25) is 9.69 Å². The van der Waals surface area contributed by atoms with Crippen LogP contribution in [-0.2, 0) is 9.53 Å². The van der Waals surface area contributed by atoms with Gasteiger partial charge in [0.2, 0.25) is 5.91 Å². The third-order valence-corrected chi connectivity index (χ3v) is 6.52. The summed E-state index contributed by atoms with van der Waals surface area (Å²) >= 11 is 6.90. The highest BCUT2D eigenvalue weighted by Gasteiger charge is 2.35. The fourth-order valence-corrected chi connectivity index (χ4v) is 4.67. The number of cyclic esters (lactones) is 1. The Morgan fingerprint density at radius 1 is 1.34 bits per heavy atom. The van der Waals surface area contributed by atoms with Crippen molar-refractivity contribution < 1.29 is 28.2 Å². The van der Waals surface area contributed by atoms with E-state index in [0.29, 0.717) is 27.9 Å². The number of carbonyl (C=O) groups excluding carboxylic acids is 3. The summed E-state index contributed by atoms with van der Waals surface area (Å²) in [7, 11) is 1.74. The quantitative estimate of drug-likeness (QED) is 0.697. The van der Waals surface area contributed by atoms with E-state index in [1.54, 1.807) is 30.1 Å². The Morgan fingerprint density at radius 3 is 2.88 bits per heavy atom. The van der Waals surface area contributed by atoms with Gasteiger partial charge in [-0.1, -0.05) is 29.0 Å². The van der Waals surface area contributed by atoms with Gasteiger partial charge in [0.1, 0.15) is 11.9 Å². The number of carbonyl (C=O) groups is 3. The van der Waals surface area contributed by atoms with Crippen LogP contribution in [0.2, 0.25) is 4.34 Å². The molecule has 0 saturated carbocycles. The van der Waals surface area contributed by atoms with Crippen LogP contribution in [0.3, 0.4) is 0 Å².